The molecular formula is C9H8N4O2. The van der Waals surface area contributed by atoms with E-state index in [1.165, 1.54) is 12.3 Å². The highest BCUT2D eigenvalue weighted by Crippen LogP contribution is 2.15. The van der Waals surface area contributed by atoms with E-state index in [0.717, 1.165) is 0 Å². The summed E-state index contributed by atoms with van der Waals surface area (Å²) in [5.74, 6) is -0.580. The molecule has 0 aliphatic rings. The van der Waals surface area contributed by atoms with Crippen LogP contribution >= 0.6 is 0 Å². The van der Waals surface area contributed by atoms with Crippen molar-refractivity contribution in [2.45, 2.75) is 0 Å². The van der Waals surface area contributed by atoms with Crippen molar-refractivity contribution in [3.8, 4) is 5.82 Å². The minimum Gasteiger partial charge on any atom is -0.478 e. The first-order chi connectivity index (χ1) is 7.18. The molecule has 0 saturated heterocycles. The normalized spacial score (nSPS) is 10.1. The molecule has 0 bridgehead atoms. The number of nitrogen functional groups attached to an aromatic ring is 1. The van der Waals surface area contributed by atoms with Gasteiger partial charge in [0.15, 0.2) is 5.82 Å². The first kappa shape index (κ1) is 9.20. The van der Waals surface area contributed by atoms with E-state index in [2.05, 4.69) is 9.97 Å². The molecule has 0 fully saturated rings. The molecule has 2 aromatic rings. The Bertz CT molecular complexity index is 493. The zero-order valence-corrected chi connectivity index (χ0v) is 7.66. The summed E-state index contributed by atoms with van der Waals surface area (Å²) < 4.78 is 1.61. The molecule has 0 aromatic carbocycles. The number of aromatic carboxylic acids is 1. The van der Waals surface area contributed by atoms with Crippen LogP contribution in [-0.4, -0.2) is 25.6 Å². The van der Waals surface area contributed by atoms with Gasteiger partial charge in [-0.15, -0.1) is 0 Å². The number of carbonyl (C=O) groups is 1. The van der Waals surface area contributed by atoms with Crippen LogP contribution in [0.1, 0.15) is 10.4 Å². The maximum absolute atomic E-state index is 10.6. The minimum absolute atomic E-state index is 0.0661. The maximum atomic E-state index is 10.6. The van der Waals surface area contributed by atoms with Gasteiger partial charge in [0.1, 0.15) is 6.33 Å². The van der Waals surface area contributed by atoms with E-state index in [-0.39, 0.29) is 5.56 Å². The zero-order valence-electron chi connectivity index (χ0n) is 7.66. The van der Waals surface area contributed by atoms with Crippen molar-refractivity contribution in [1.82, 2.24) is 14.5 Å². The van der Waals surface area contributed by atoms with Crippen molar-refractivity contribution in [1.29, 1.82) is 0 Å². The smallest absolute Gasteiger partial charge is 0.337 e. The highest BCUT2D eigenvalue weighted by atomic mass is 16.4. The number of carboxylic acids is 1. The Morgan fingerprint density at radius 1 is 1.53 bits per heavy atom. The highest BCUT2D eigenvalue weighted by Gasteiger charge is 2.08. The molecule has 0 aliphatic carbocycles. The van der Waals surface area contributed by atoms with Crippen LogP contribution in [0.25, 0.3) is 5.82 Å². The van der Waals surface area contributed by atoms with Gasteiger partial charge in [-0.25, -0.2) is 14.8 Å². The quantitative estimate of drug-likeness (QED) is 0.744. The van der Waals surface area contributed by atoms with Gasteiger partial charge in [0, 0.05) is 18.6 Å². The van der Waals surface area contributed by atoms with E-state index in [1.807, 2.05) is 0 Å². The van der Waals surface area contributed by atoms with Gasteiger partial charge >= 0.3 is 5.97 Å². The molecule has 0 spiro atoms. The van der Waals surface area contributed by atoms with Gasteiger partial charge in [-0.1, -0.05) is 0 Å². The van der Waals surface area contributed by atoms with Gasteiger partial charge in [-0.3, -0.25) is 4.57 Å². The van der Waals surface area contributed by atoms with Crippen molar-refractivity contribution in [2.24, 2.45) is 0 Å². The third kappa shape index (κ3) is 1.64. The number of anilines is 1. The van der Waals surface area contributed by atoms with E-state index in [1.54, 1.807) is 23.3 Å². The number of aromatic nitrogens is 3. The third-order valence-corrected chi connectivity index (χ3v) is 1.89. The fraction of sp³-hybridized carbons (Fsp3) is 0. The number of nitrogens with zero attached hydrogens (tertiary/aromatic N) is 3. The SMILES string of the molecule is Nc1cc(C(=O)O)cnc1-n1ccnc1. The number of imidazole rings is 1. The molecule has 0 radical (unpaired) electrons. The van der Waals surface area contributed by atoms with Crippen molar-refractivity contribution < 1.29 is 9.90 Å². The van der Waals surface area contributed by atoms with Gasteiger partial charge in [-0.2, -0.15) is 0 Å². The van der Waals surface area contributed by atoms with Crippen LogP contribution in [0.4, 0.5) is 5.69 Å². The topological polar surface area (TPSA) is 94.0 Å². The molecule has 3 N–H and O–H groups in total. The summed E-state index contributed by atoms with van der Waals surface area (Å²) in [5.41, 5.74) is 6.04. The van der Waals surface area contributed by atoms with Crippen molar-refractivity contribution in [2.75, 3.05) is 5.73 Å². The molecule has 0 aliphatic heterocycles. The van der Waals surface area contributed by atoms with Gasteiger partial charge in [0.2, 0.25) is 0 Å². The summed E-state index contributed by atoms with van der Waals surface area (Å²) in [6.45, 7) is 0. The number of hydrogen-bond donors (Lipinski definition) is 2. The number of hydrogen-bond acceptors (Lipinski definition) is 4. The molecule has 6 heteroatoms. The summed E-state index contributed by atoms with van der Waals surface area (Å²) in [6, 6.07) is 1.37. The number of pyridine rings is 1. The first-order valence-electron chi connectivity index (χ1n) is 4.15. The molecule has 76 valence electrons. The predicted octanol–water partition coefficient (Wildman–Crippen LogP) is 0.548. The second-order valence-corrected chi connectivity index (χ2v) is 2.91. The lowest BCUT2D eigenvalue weighted by molar-refractivity contribution is 0.0696. The Kier molecular flexibility index (Phi) is 2.09. The zero-order chi connectivity index (χ0) is 10.8. The molecule has 0 saturated carbocycles. The molecule has 2 aromatic heterocycles. The molecule has 0 unspecified atom stereocenters. The van der Waals surface area contributed by atoms with E-state index in [9.17, 15) is 4.79 Å². The lowest BCUT2D eigenvalue weighted by Gasteiger charge is -2.05. The number of rotatable bonds is 2. The van der Waals surface area contributed by atoms with Crippen molar-refractivity contribution in [3.63, 3.8) is 0 Å². The minimum atomic E-state index is -1.05. The molecular weight excluding hydrogens is 196 g/mol. The summed E-state index contributed by atoms with van der Waals surface area (Å²) in [6.07, 6.45) is 6.07. The third-order valence-electron chi connectivity index (χ3n) is 1.89. The lowest BCUT2D eigenvalue weighted by atomic mass is 10.2. The Morgan fingerprint density at radius 2 is 2.33 bits per heavy atom. The van der Waals surface area contributed by atoms with Crippen LogP contribution in [0, 0.1) is 0 Å². The average Bonchev–Trinajstić information content (AvgIpc) is 2.70. The van der Waals surface area contributed by atoms with Crippen LogP contribution in [0.15, 0.2) is 31.0 Å². The summed E-state index contributed by atoms with van der Waals surface area (Å²) in [5, 5.41) is 8.72. The average molecular weight is 204 g/mol. The number of nitrogens with two attached hydrogens (primary N) is 1. The molecule has 2 rings (SSSR count). The summed E-state index contributed by atoms with van der Waals surface area (Å²) >= 11 is 0. The summed E-state index contributed by atoms with van der Waals surface area (Å²) in [4.78, 5) is 18.4. The molecule has 15 heavy (non-hydrogen) atoms. The van der Waals surface area contributed by atoms with Crippen LogP contribution in [0.5, 0.6) is 0 Å². The monoisotopic (exact) mass is 204 g/mol. The maximum Gasteiger partial charge on any atom is 0.337 e. The van der Waals surface area contributed by atoms with E-state index in [4.69, 9.17) is 10.8 Å². The van der Waals surface area contributed by atoms with Crippen molar-refractivity contribution >= 4 is 11.7 Å². The molecule has 0 atom stereocenters. The predicted molar refractivity (Wildman–Crippen MR) is 52.7 cm³/mol. The van der Waals surface area contributed by atoms with Crippen LogP contribution in [0.2, 0.25) is 0 Å². The Hall–Kier alpha value is -2.37. The molecule has 0 amide bonds. The van der Waals surface area contributed by atoms with Gasteiger partial charge in [0.25, 0.3) is 0 Å². The first-order valence-corrected chi connectivity index (χ1v) is 4.15. The second-order valence-electron chi connectivity index (χ2n) is 2.91. The van der Waals surface area contributed by atoms with E-state index >= 15 is 0 Å². The second kappa shape index (κ2) is 3.41. The van der Waals surface area contributed by atoms with Gasteiger partial charge in [-0.05, 0) is 6.07 Å². The van der Waals surface area contributed by atoms with Crippen LogP contribution in [-0.2, 0) is 0 Å². The standard InChI is InChI=1S/C9H8N4O2/c10-7-3-6(9(14)15)4-12-8(7)13-2-1-11-5-13/h1-5H,10H2,(H,14,15). The Balaban J connectivity index is 2.48. The van der Waals surface area contributed by atoms with Gasteiger partial charge < -0.3 is 10.8 Å². The Labute approximate surface area is 85.0 Å². The fourth-order valence-electron chi connectivity index (χ4n) is 1.19. The van der Waals surface area contributed by atoms with Gasteiger partial charge in [0.05, 0.1) is 11.3 Å². The van der Waals surface area contributed by atoms with E-state index in [0.29, 0.717) is 11.5 Å². The largest absolute Gasteiger partial charge is 0.478 e. The number of carboxylic acid groups (broad SMARTS) is 1. The molecule has 6 nitrogen and oxygen atoms in total. The molecule has 2 heterocycles. The fourth-order valence-corrected chi connectivity index (χ4v) is 1.19. The van der Waals surface area contributed by atoms with Crippen LogP contribution in [0.3, 0.4) is 0 Å². The highest BCUT2D eigenvalue weighted by molar-refractivity contribution is 5.88. The van der Waals surface area contributed by atoms with Crippen molar-refractivity contribution in [3.05, 3.63) is 36.5 Å². The Morgan fingerprint density at radius 3 is 2.87 bits per heavy atom. The lowest BCUT2D eigenvalue weighted by Crippen LogP contribution is -2.05. The van der Waals surface area contributed by atoms with Crippen LogP contribution < -0.4 is 5.73 Å². The van der Waals surface area contributed by atoms with E-state index < -0.39 is 5.97 Å². The summed E-state index contributed by atoms with van der Waals surface area (Å²) in [7, 11) is 0.